The van der Waals surface area contributed by atoms with Crippen LogP contribution in [0.5, 0.6) is 5.75 Å². The number of aliphatic hydroxyl groups is 1. The Kier molecular flexibility index (Phi) is 5.49. The molecule has 0 radical (unpaired) electrons. The molecule has 0 bridgehead atoms. The molecule has 0 aromatic heterocycles. The highest BCUT2D eigenvalue weighted by molar-refractivity contribution is 6.31. The lowest BCUT2D eigenvalue weighted by atomic mass is 10.1. The minimum atomic E-state index is -0.371. The fraction of sp³-hybridized carbons (Fsp3) is 0.600. The number of ether oxygens (including phenoxy) is 1. The van der Waals surface area contributed by atoms with Crippen LogP contribution in [0, 0.1) is 0 Å². The van der Waals surface area contributed by atoms with E-state index in [-0.39, 0.29) is 12.2 Å². The second-order valence-electron chi connectivity index (χ2n) is 5.11. The summed E-state index contributed by atoms with van der Waals surface area (Å²) in [5.41, 5.74) is 0.961. The molecule has 2 N–H and O–H groups in total. The summed E-state index contributed by atoms with van der Waals surface area (Å²) in [7, 11) is 1.88. The Hall–Kier alpha value is -0.770. The molecule has 1 saturated carbocycles. The summed E-state index contributed by atoms with van der Waals surface area (Å²) < 4.78 is 6.04. The van der Waals surface area contributed by atoms with Gasteiger partial charge >= 0.3 is 0 Å². The van der Waals surface area contributed by atoms with E-state index in [1.165, 1.54) is 6.42 Å². The Morgan fingerprint density at radius 2 is 2.11 bits per heavy atom. The summed E-state index contributed by atoms with van der Waals surface area (Å²) in [6, 6.07) is 5.68. The third kappa shape index (κ3) is 3.85. The summed E-state index contributed by atoms with van der Waals surface area (Å²) >= 11 is 6.21. The molecular formula is C15H22ClNO2. The average Bonchev–Trinajstić information content (AvgIpc) is 2.59. The summed E-state index contributed by atoms with van der Waals surface area (Å²) in [6.07, 6.45) is 4.62. The van der Waals surface area contributed by atoms with Crippen molar-refractivity contribution in [1.29, 1.82) is 0 Å². The van der Waals surface area contributed by atoms with E-state index in [2.05, 4.69) is 5.32 Å². The minimum absolute atomic E-state index is 0.114. The van der Waals surface area contributed by atoms with Crippen LogP contribution in [0.25, 0.3) is 0 Å². The highest BCUT2D eigenvalue weighted by atomic mass is 35.5. The smallest absolute Gasteiger partial charge is 0.125 e. The van der Waals surface area contributed by atoms with Crippen molar-refractivity contribution in [3.63, 3.8) is 0 Å². The number of benzene rings is 1. The molecule has 1 aromatic rings. The zero-order valence-electron chi connectivity index (χ0n) is 11.4. The van der Waals surface area contributed by atoms with Gasteiger partial charge in [0.1, 0.15) is 11.9 Å². The van der Waals surface area contributed by atoms with Gasteiger partial charge in [-0.1, -0.05) is 30.5 Å². The van der Waals surface area contributed by atoms with E-state index in [0.29, 0.717) is 11.6 Å². The highest BCUT2D eigenvalue weighted by Crippen LogP contribution is 2.30. The molecule has 1 aliphatic rings. The Morgan fingerprint density at radius 1 is 1.32 bits per heavy atom. The van der Waals surface area contributed by atoms with Crippen molar-refractivity contribution in [1.82, 2.24) is 5.32 Å². The molecule has 2 unspecified atom stereocenters. The van der Waals surface area contributed by atoms with Crippen LogP contribution in [-0.2, 0) is 6.54 Å². The van der Waals surface area contributed by atoms with Crippen molar-refractivity contribution in [2.75, 3.05) is 7.05 Å². The van der Waals surface area contributed by atoms with Gasteiger partial charge in [-0.05, 0) is 38.4 Å². The van der Waals surface area contributed by atoms with Crippen molar-refractivity contribution < 1.29 is 9.84 Å². The van der Waals surface area contributed by atoms with Crippen molar-refractivity contribution in [3.8, 4) is 5.75 Å². The highest BCUT2D eigenvalue weighted by Gasteiger charge is 2.24. The summed E-state index contributed by atoms with van der Waals surface area (Å²) in [5.74, 6) is 0.785. The number of halogens is 1. The Balaban J connectivity index is 2.15. The van der Waals surface area contributed by atoms with Crippen molar-refractivity contribution in [3.05, 3.63) is 28.8 Å². The Bertz CT molecular complexity index is 411. The van der Waals surface area contributed by atoms with Gasteiger partial charge in [-0.2, -0.15) is 0 Å². The maximum absolute atomic E-state index is 10.1. The topological polar surface area (TPSA) is 41.5 Å². The third-order valence-corrected chi connectivity index (χ3v) is 3.98. The van der Waals surface area contributed by atoms with Gasteiger partial charge in [0.25, 0.3) is 0 Å². The molecule has 0 saturated heterocycles. The minimum Gasteiger partial charge on any atom is -0.487 e. The lowest BCUT2D eigenvalue weighted by Crippen LogP contribution is -2.31. The first-order valence-electron chi connectivity index (χ1n) is 6.99. The van der Waals surface area contributed by atoms with E-state index in [0.717, 1.165) is 37.0 Å². The predicted molar refractivity (Wildman–Crippen MR) is 77.7 cm³/mol. The first kappa shape index (κ1) is 14.6. The van der Waals surface area contributed by atoms with Crippen LogP contribution in [-0.4, -0.2) is 24.4 Å². The summed E-state index contributed by atoms with van der Waals surface area (Å²) in [6.45, 7) is 0.665. The van der Waals surface area contributed by atoms with Crippen molar-refractivity contribution >= 4 is 11.6 Å². The SMILES string of the molecule is CNCc1c(Cl)cccc1OC1CCCCCC1O. The number of hydrogen-bond acceptors (Lipinski definition) is 3. The maximum atomic E-state index is 10.1. The lowest BCUT2D eigenvalue weighted by Gasteiger charge is -2.24. The van der Waals surface area contributed by atoms with Gasteiger partial charge in [-0.15, -0.1) is 0 Å². The fourth-order valence-electron chi connectivity index (χ4n) is 2.55. The molecule has 106 valence electrons. The third-order valence-electron chi connectivity index (χ3n) is 3.63. The second-order valence-corrected chi connectivity index (χ2v) is 5.52. The number of rotatable bonds is 4. The molecular weight excluding hydrogens is 262 g/mol. The van der Waals surface area contributed by atoms with Gasteiger partial charge in [0, 0.05) is 17.1 Å². The molecule has 0 spiro atoms. The predicted octanol–water partition coefficient (Wildman–Crippen LogP) is 3.13. The van der Waals surface area contributed by atoms with Gasteiger partial charge < -0.3 is 15.2 Å². The fourth-order valence-corrected chi connectivity index (χ4v) is 2.78. The van der Waals surface area contributed by atoms with E-state index in [4.69, 9.17) is 16.3 Å². The zero-order valence-corrected chi connectivity index (χ0v) is 12.1. The largest absolute Gasteiger partial charge is 0.487 e. The second kappa shape index (κ2) is 7.13. The Labute approximate surface area is 119 Å². The molecule has 1 fully saturated rings. The van der Waals surface area contributed by atoms with E-state index >= 15 is 0 Å². The quantitative estimate of drug-likeness (QED) is 0.834. The monoisotopic (exact) mass is 283 g/mol. The molecule has 0 amide bonds. The van der Waals surface area contributed by atoms with Crippen LogP contribution in [0.15, 0.2) is 18.2 Å². The molecule has 0 aliphatic heterocycles. The van der Waals surface area contributed by atoms with Crippen LogP contribution >= 0.6 is 11.6 Å². The van der Waals surface area contributed by atoms with E-state index in [1.54, 1.807) is 0 Å². The average molecular weight is 284 g/mol. The van der Waals surface area contributed by atoms with E-state index in [9.17, 15) is 5.11 Å². The molecule has 3 nitrogen and oxygen atoms in total. The molecule has 19 heavy (non-hydrogen) atoms. The molecule has 2 atom stereocenters. The summed E-state index contributed by atoms with van der Waals surface area (Å²) in [4.78, 5) is 0. The lowest BCUT2D eigenvalue weighted by molar-refractivity contribution is 0.0314. The molecule has 1 aromatic carbocycles. The Morgan fingerprint density at radius 3 is 2.89 bits per heavy atom. The van der Waals surface area contributed by atoms with Gasteiger partial charge in [0.15, 0.2) is 0 Å². The zero-order chi connectivity index (χ0) is 13.7. The maximum Gasteiger partial charge on any atom is 0.125 e. The molecule has 4 heteroatoms. The first-order chi connectivity index (χ1) is 9.22. The van der Waals surface area contributed by atoms with E-state index < -0.39 is 0 Å². The molecule has 0 heterocycles. The van der Waals surface area contributed by atoms with Crippen LogP contribution in [0.1, 0.15) is 37.7 Å². The molecule has 1 aliphatic carbocycles. The van der Waals surface area contributed by atoms with E-state index in [1.807, 2.05) is 25.2 Å². The molecule has 2 rings (SSSR count). The van der Waals surface area contributed by atoms with Crippen LogP contribution in [0.4, 0.5) is 0 Å². The van der Waals surface area contributed by atoms with Crippen LogP contribution < -0.4 is 10.1 Å². The van der Waals surface area contributed by atoms with Crippen molar-refractivity contribution in [2.24, 2.45) is 0 Å². The standard InChI is InChI=1S/C15H22ClNO2/c1-17-10-11-12(16)6-5-9-14(11)19-15-8-4-2-3-7-13(15)18/h5-6,9,13,15,17-18H,2-4,7-8,10H2,1H3. The first-order valence-corrected chi connectivity index (χ1v) is 7.37. The summed E-state index contributed by atoms with van der Waals surface area (Å²) in [5, 5.41) is 13.9. The number of nitrogens with one attached hydrogen (secondary N) is 1. The van der Waals surface area contributed by atoms with Gasteiger partial charge in [-0.3, -0.25) is 0 Å². The van der Waals surface area contributed by atoms with Crippen molar-refractivity contribution in [2.45, 2.75) is 50.9 Å². The van der Waals surface area contributed by atoms with Crippen LogP contribution in [0.2, 0.25) is 5.02 Å². The van der Waals surface area contributed by atoms with Crippen LogP contribution in [0.3, 0.4) is 0 Å². The van der Waals surface area contributed by atoms with Gasteiger partial charge in [-0.25, -0.2) is 0 Å². The van der Waals surface area contributed by atoms with Gasteiger partial charge in [0.05, 0.1) is 6.10 Å². The number of hydrogen-bond donors (Lipinski definition) is 2. The number of aliphatic hydroxyl groups excluding tert-OH is 1. The normalized spacial score (nSPS) is 23.9. The van der Waals surface area contributed by atoms with Gasteiger partial charge in [0.2, 0.25) is 0 Å².